The normalized spacial score (nSPS) is 12.2. The first-order chi connectivity index (χ1) is 8.11. The molecule has 0 heterocycles. The highest BCUT2D eigenvalue weighted by molar-refractivity contribution is 7.99. The molecule has 2 N–H and O–H groups in total. The first-order valence-electron chi connectivity index (χ1n) is 5.71. The molecular formula is C13H19NO2S. The Labute approximate surface area is 107 Å². The van der Waals surface area contributed by atoms with E-state index in [0.29, 0.717) is 6.42 Å². The van der Waals surface area contributed by atoms with Gasteiger partial charge in [0.15, 0.2) is 0 Å². The Morgan fingerprint density at radius 1 is 1.41 bits per heavy atom. The van der Waals surface area contributed by atoms with Gasteiger partial charge >= 0.3 is 0 Å². The molecule has 1 rings (SSSR count). The smallest absolute Gasteiger partial charge is 0.221 e. The van der Waals surface area contributed by atoms with E-state index in [4.69, 9.17) is 5.11 Å². The fourth-order valence-electron chi connectivity index (χ4n) is 1.29. The third kappa shape index (κ3) is 5.75. The molecule has 1 aromatic carbocycles. The van der Waals surface area contributed by atoms with Crippen LogP contribution in [-0.4, -0.2) is 29.4 Å². The molecule has 17 heavy (non-hydrogen) atoms. The summed E-state index contributed by atoms with van der Waals surface area (Å²) >= 11 is 1.67. The highest BCUT2D eigenvalue weighted by atomic mass is 32.2. The Bertz CT molecular complexity index is 351. The SMILES string of the molecule is Cc1ccc(SCCC(=O)N[C@H](C)CO)cc1. The second kappa shape index (κ2) is 7.35. The van der Waals surface area contributed by atoms with Crippen LogP contribution in [0.5, 0.6) is 0 Å². The Morgan fingerprint density at radius 2 is 2.06 bits per heavy atom. The number of carbonyl (C=O) groups is 1. The molecule has 0 saturated heterocycles. The number of aliphatic hydroxyl groups is 1. The van der Waals surface area contributed by atoms with Gasteiger partial charge < -0.3 is 10.4 Å². The van der Waals surface area contributed by atoms with Crippen LogP contribution < -0.4 is 5.32 Å². The van der Waals surface area contributed by atoms with E-state index >= 15 is 0 Å². The average Bonchev–Trinajstić information content (AvgIpc) is 2.31. The van der Waals surface area contributed by atoms with Crippen LogP contribution in [0, 0.1) is 6.92 Å². The number of hydrogen-bond donors (Lipinski definition) is 2. The number of carbonyl (C=O) groups excluding carboxylic acids is 1. The van der Waals surface area contributed by atoms with Crippen LogP contribution in [0.1, 0.15) is 18.9 Å². The molecule has 1 amide bonds. The third-order valence-corrected chi connectivity index (χ3v) is 3.31. The maximum absolute atomic E-state index is 11.4. The van der Waals surface area contributed by atoms with Crippen molar-refractivity contribution in [2.45, 2.75) is 31.2 Å². The summed E-state index contributed by atoms with van der Waals surface area (Å²) in [6.45, 7) is 3.82. The zero-order valence-electron chi connectivity index (χ0n) is 10.3. The molecule has 4 heteroatoms. The molecule has 0 bridgehead atoms. The molecule has 0 aliphatic heterocycles. The lowest BCUT2D eigenvalue weighted by Gasteiger charge is -2.10. The van der Waals surface area contributed by atoms with Crippen LogP contribution in [0.2, 0.25) is 0 Å². The fraction of sp³-hybridized carbons (Fsp3) is 0.462. The second-order valence-corrected chi connectivity index (χ2v) is 5.23. The largest absolute Gasteiger partial charge is 0.394 e. The van der Waals surface area contributed by atoms with Gasteiger partial charge in [-0.2, -0.15) is 0 Å². The summed E-state index contributed by atoms with van der Waals surface area (Å²) in [7, 11) is 0. The first kappa shape index (κ1) is 14.1. The summed E-state index contributed by atoms with van der Waals surface area (Å²) in [5, 5.41) is 11.5. The summed E-state index contributed by atoms with van der Waals surface area (Å²) in [4.78, 5) is 12.6. The van der Waals surface area contributed by atoms with E-state index in [1.54, 1.807) is 18.7 Å². The first-order valence-corrected chi connectivity index (χ1v) is 6.70. The van der Waals surface area contributed by atoms with Gasteiger partial charge in [-0.05, 0) is 26.0 Å². The minimum atomic E-state index is -0.160. The van der Waals surface area contributed by atoms with Gasteiger partial charge in [-0.25, -0.2) is 0 Å². The third-order valence-electron chi connectivity index (χ3n) is 2.30. The topological polar surface area (TPSA) is 49.3 Å². The predicted molar refractivity (Wildman–Crippen MR) is 71.2 cm³/mol. The summed E-state index contributed by atoms with van der Waals surface area (Å²) in [6, 6.07) is 8.10. The van der Waals surface area contributed by atoms with Crippen LogP contribution in [-0.2, 0) is 4.79 Å². The van der Waals surface area contributed by atoms with Crippen molar-refractivity contribution in [2.75, 3.05) is 12.4 Å². The summed E-state index contributed by atoms with van der Waals surface area (Å²) in [6.07, 6.45) is 0.475. The van der Waals surface area contributed by atoms with Crippen molar-refractivity contribution in [3.05, 3.63) is 29.8 Å². The highest BCUT2D eigenvalue weighted by Gasteiger charge is 2.05. The van der Waals surface area contributed by atoms with Crippen molar-refractivity contribution in [2.24, 2.45) is 0 Å². The number of rotatable bonds is 6. The predicted octanol–water partition coefficient (Wildman–Crippen LogP) is 1.97. The van der Waals surface area contributed by atoms with Crippen LogP contribution in [0.25, 0.3) is 0 Å². The lowest BCUT2D eigenvalue weighted by molar-refractivity contribution is -0.121. The zero-order chi connectivity index (χ0) is 12.7. The van der Waals surface area contributed by atoms with E-state index in [1.807, 2.05) is 0 Å². The summed E-state index contributed by atoms with van der Waals surface area (Å²) in [5.74, 6) is 0.749. The molecule has 0 spiro atoms. The van der Waals surface area contributed by atoms with E-state index in [2.05, 4.69) is 36.5 Å². The fourth-order valence-corrected chi connectivity index (χ4v) is 2.14. The van der Waals surface area contributed by atoms with Gasteiger partial charge in [0.25, 0.3) is 0 Å². The molecule has 1 aromatic rings. The molecule has 94 valence electrons. The number of nitrogens with one attached hydrogen (secondary N) is 1. The molecule has 0 fully saturated rings. The highest BCUT2D eigenvalue weighted by Crippen LogP contribution is 2.18. The van der Waals surface area contributed by atoms with E-state index in [1.165, 1.54) is 10.5 Å². The van der Waals surface area contributed by atoms with Crippen molar-refractivity contribution < 1.29 is 9.90 Å². The number of aliphatic hydroxyl groups excluding tert-OH is 1. The number of benzene rings is 1. The lowest BCUT2D eigenvalue weighted by atomic mass is 10.2. The minimum Gasteiger partial charge on any atom is -0.394 e. The average molecular weight is 253 g/mol. The van der Waals surface area contributed by atoms with Crippen molar-refractivity contribution >= 4 is 17.7 Å². The van der Waals surface area contributed by atoms with Crippen LogP contribution in [0.3, 0.4) is 0 Å². The number of hydrogen-bond acceptors (Lipinski definition) is 3. The van der Waals surface area contributed by atoms with E-state index in [0.717, 1.165) is 5.75 Å². The van der Waals surface area contributed by atoms with Gasteiger partial charge in [-0.3, -0.25) is 4.79 Å². The lowest BCUT2D eigenvalue weighted by Crippen LogP contribution is -2.35. The Hall–Kier alpha value is -1.00. The van der Waals surface area contributed by atoms with Crippen molar-refractivity contribution in [1.82, 2.24) is 5.32 Å². The quantitative estimate of drug-likeness (QED) is 0.762. The van der Waals surface area contributed by atoms with Gasteiger partial charge in [-0.15, -0.1) is 11.8 Å². The maximum Gasteiger partial charge on any atom is 0.221 e. The Morgan fingerprint density at radius 3 is 2.65 bits per heavy atom. The van der Waals surface area contributed by atoms with Gasteiger partial charge in [0, 0.05) is 23.1 Å². The molecule has 0 saturated carbocycles. The van der Waals surface area contributed by atoms with E-state index in [9.17, 15) is 4.79 Å². The molecule has 0 aliphatic rings. The van der Waals surface area contributed by atoms with Crippen LogP contribution in [0.4, 0.5) is 0 Å². The molecule has 1 atom stereocenters. The maximum atomic E-state index is 11.4. The van der Waals surface area contributed by atoms with Gasteiger partial charge in [0.1, 0.15) is 0 Å². The molecule has 3 nitrogen and oxygen atoms in total. The van der Waals surface area contributed by atoms with E-state index < -0.39 is 0 Å². The number of thioether (sulfide) groups is 1. The Balaban J connectivity index is 2.23. The summed E-state index contributed by atoms with van der Waals surface area (Å²) in [5.41, 5.74) is 1.24. The molecule has 0 radical (unpaired) electrons. The van der Waals surface area contributed by atoms with Crippen LogP contribution in [0.15, 0.2) is 29.2 Å². The summed E-state index contributed by atoms with van der Waals surface area (Å²) < 4.78 is 0. The Kier molecular flexibility index (Phi) is 6.08. The second-order valence-electron chi connectivity index (χ2n) is 4.06. The minimum absolute atomic E-state index is 0.00818. The number of aryl methyl sites for hydroxylation is 1. The van der Waals surface area contributed by atoms with Gasteiger partial charge in [0.05, 0.1) is 6.61 Å². The van der Waals surface area contributed by atoms with Crippen molar-refractivity contribution in [3.8, 4) is 0 Å². The standard InChI is InChI=1S/C13H19NO2S/c1-10-3-5-12(6-4-10)17-8-7-13(16)14-11(2)9-15/h3-6,11,15H,7-9H2,1-2H3,(H,14,16)/t11-/m1/s1. The number of amides is 1. The van der Waals surface area contributed by atoms with Crippen LogP contribution >= 0.6 is 11.8 Å². The molecule has 0 aromatic heterocycles. The molecule has 0 aliphatic carbocycles. The van der Waals surface area contributed by atoms with Gasteiger partial charge in [0.2, 0.25) is 5.91 Å². The van der Waals surface area contributed by atoms with E-state index in [-0.39, 0.29) is 18.6 Å². The molecular weight excluding hydrogens is 234 g/mol. The molecule has 0 unspecified atom stereocenters. The van der Waals surface area contributed by atoms with Crippen molar-refractivity contribution in [1.29, 1.82) is 0 Å². The zero-order valence-corrected chi connectivity index (χ0v) is 11.1. The van der Waals surface area contributed by atoms with Gasteiger partial charge in [-0.1, -0.05) is 17.7 Å². The van der Waals surface area contributed by atoms with Crippen molar-refractivity contribution in [3.63, 3.8) is 0 Å². The monoisotopic (exact) mass is 253 g/mol.